The van der Waals surface area contributed by atoms with Crippen molar-refractivity contribution in [1.29, 1.82) is 5.26 Å². The summed E-state index contributed by atoms with van der Waals surface area (Å²) in [4.78, 5) is 11.2. The highest BCUT2D eigenvalue weighted by Gasteiger charge is 2.22. The number of hydrogen-bond donors (Lipinski definition) is 1. The Morgan fingerprint density at radius 2 is 2.03 bits per heavy atom. The molecule has 1 atom stereocenters. The van der Waals surface area contributed by atoms with Gasteiger partial charge in [0.2, 0.25) is 5.90 Å². The van der Waals surface area contributed by atoms with Crippen molar-refractivity contribution in [2.24, 2.45) is 5.10 Å². The van der Waals surface area contributed by atoms with Gasteiger partial charge in [-0.05, 0) is 63.1 Å². The van der Waals surface area contributed by atoms with Crippen LogP contribution in [-0.4, -0.2) is 29.8 Å². The average Bonchev–Trinajstić information content (AvgIpc) is 3.16. The molecule has 0 aromatic heterocycles. The first-order valence-corrected chi connectivity index (χ1v) is 9.33. The van der Waals surface area contributed by atoms with Crippen molar-refractivity contribution < 1.29 is 19.4 Å². The molecule has 7 heteroatoms. The summed E-state index contributed by atoms with van der Waals surface area (Å²) < 4.78 is 11.4. The molecule has 150 valence electrons. The van der Waals surface area contributed by atoms with Crippen molar-refractivity contribution in [3.63, 3.8) is 0 Å². The van der Waals surface area contributed by atoms with Gasteiger partial charge in [0, 0.05) is 5.56 Å². The smallest absolute Gasteiger partial charge is 0.310 e. The van der Waals surface area contributed by atoms with Crippen LogP contribution in [-0.2, 0) is 9.53 Å². The summed E-state index contributed by atoms with van der Waals surface area (Å²) in [6.07, 6.45) is -0.0293. The molecule has 0 saturated heterocycles. The molecule has 1 unspecified atom stereocenters. The van der Waals surface area contributed by atoms with Gasteiger partial charge in [-0.3, -0.25) is 4.79 Å². The molecule has 29 heavy (non-hydrogen) atoms. The van der Waals surface area contributed by atoms with Gasteiger partial charge >= 0.3 is 5.97 Å². The number of anilines is 1. The van der Waals surface area contributed by atoms with Gasteiger partial charge in [-0.1, -0.05) is 12.1 Å². The molecule has 0 radical (unpaired) electrons. The Morgan fingerprint density at radius 3 is 2.66 bits per heavy atom. The molecular formula is C22H23N3O4. The van der Waals surface area contributed by atoms with Gasteiger partial charge in [0.25, 0.3) is 0 Å². The Hall–Kier alpha value is -3.53. The minimum atomic E-state index is -0.861. The number of nitriles is 1. The van der Waals surface area contributed by atoms with E-state index in [1.165, 1.54) is 0 Å². The molecule has 1 N–H and O–H groups in total. The topological polar surface area (TPSA) is 95.1 Å². The summed E-state index contributed by atoms with van der Waals surface area (Å²) in [6.45, 7) is 7.61. The fraction of sp³-hybridized carbons (Fsp3) is 0.318. The molecule has 1 aliphatic heterocycles. The number of ether oxygens (including phenoxy) is 2. The highest BCUT2D eigenvalue weighted by molar-refractivity contribution is 5.96. The highest BCUT2D eigenvalue weighted by Crippen LogP contribution is 2.29. The van der Waals surface area contributed by atoms with Crippen molar-refractivity contribution in [2.45, 2.75) is 39.7 Å². The molecule has 0 spiro atoms. The van der Waals surface area contributed by atoms with Gasteiger partial charge in [0.15, 0.2) is 6.73 Å². The zero-order chi connectivity index (χ0) is 21.1. The Labute approximate surface area is 169 Å². The predicted molar refractivity (Wildman–Crippen MR) is 109 cm³/mol. The van der Waals surface area contributed by atoms with E-state index in [1.54, 1.807) is 30.1 Å². The first-order chi connectivity index (χ1) is 13.8. The molecule has 7 nitrogen and oxygen atoms in total. The maximum absolute atomic E-state index is 11.2. The van der Waals surface area contributed by atoms with Crippen molar-refractivity contribution in [3.8, 4) is 11.8 Å². The van der Waals surface area contributed by atoms with Gasteiger partial charge < -0.3 is 14.6 Å². The van der Waals surface area contributed by atoms with E-state index in [0.29, 0.717) is 22.8 Å². The van der Waals surface area contributed by atoms with E-state index in [1.807, 2.05) is 39.0 Å². The average molecular weight is 393 g/mol. The normalized spacial score (nSPS) is 14.2. The quantitative estimate of drug-likeness (QED) is 0.797. The van der Waals surface area contributed by atoms with Crippen molar-refractivity contribution >= 4 is 17.6 Å². The lowest BCUT2D eigenvalue weighted by atomic mass is 9.98. The third-order valence-corrected chi connectivity index (χ3v) is 4.61. The molecule has 3 rings (SSSR count). The number of aliphatic carboxylic acids is 1. The second-order valence-electron chi connectivity index (χ2n) is 7.17. The fourth-order valence-electron chi connectivity index (χ4n) is 3.04. The minimum Gasteiger partial charge on any atom is -0.490 e. The van der Waals surface area contributed by atoms with Crippen LogP contribution in [0.5, 0.6) is 5.75 Å². The summed E-state index contributed by atoms with van der Waals surface area (Å²) in [5, 5.41) is 24.8. The van der Waals surface area contributed by atoms with Crippen molar-refractivity contribution in [2.75, 3.05) is 11.7 Å². The maximum atomic E-state index is 11.2. The summed E-state index contributed by atoms with van der Waals surface area (Å²) in [5.41, 5.74) is 3.59. The standard InChI is InChI=1S/C22H23N3O4/c1-13(2)29-20-8-6-17(10-18(20)11-23)21-24-25(12-28-21)19-7-5-16(9-14(19)3)15(4)22(26)27/h5-10,13,15H,12H2,1-4H3,(H,26,27). The third kappa shape index (κ3) is 4.32. The molecule has 0 aliphatic carbocycles. The van der Waals surface area contributed by atoms with Crippen LogP contribution in [0.2, 0.25) is 0 Å². The monoisotopic (exact) mass is 393 g/mol. The van der Waals surface area contributed by atoms with Crippen LogP contribution in [0.3, 0.4) is 0 Å². The molecule has 0 bridgehead atoms. The Kier molecular flexibility index (Phi) is 5.74. The molecular weight excluding hydrogens is 370 g/mol. The lowest BCUT2D eigenvalue weighted by Gasteiger charge is -2.16. The molecule has 1 heterocycles. The van der Waals surface area contributed by atoms with Crippen LogP contribution in [0.1, 0.15) is 48.9 Å². The molecule has 2 aromatic carbocycles. The number of carboxylic acid groups (broad SMARTS) is 1. The number of carboxylic acids is 1. The first kappa shape index (κ1) is 20.2. The van der Waals surface area contributed by atoms with E-state index in [4.69, 9.17) is 9.47 Å². The minimum absolute atomic E-state index is 0.0293. The van der Waals surface area contributed by atoms with Gasteiger partial charge in [0.05, 0.1) is 23.3 Å². The van der Waals surface area contributed by atoms with Crippen LogP contribution in [0.25, 0.3) is 0 Å². The number of hydrazone groups is 1. The van der Waals surface area contributed by atoms with E-state index in [9.17, 15) is 15.2 Å². The van der Waals surface area contributed by atoms with Gasteiger partial charge in [-0.25, -0.2) is 5.01 Å². The largest absolute Gasteiger partial charge is 0.490 e. The van der Waals surface area contributed by atoms with Crippen LogP contribution in [0, 0.1) is 18.3 Å². The second-order valence-corrected chi connectivity index (χ2v) is 7.17. The molecule has 1 aliphatic rings. The van der Waals surface area contributed by atoms with E-state index < -0.39 is 11.9 Å². The molecule has 0 saturated carbocycles. The lowest BCUT2D eigenvalue weighted by molar-refractivity contribution is -0.138. The van der Waals surface area contributed by atoms with Crippen molar-refractivity contribution in [3.05, 3.63) is 58.7 Å². The summed E-state index contributed by atoms with van der Waals surface area (Å²) >= 11 is 0. The van der Waals surface area contributed by atoms with Crippen LogP contribution in [0.4, 0.5) is 5.69 Å². The zero-order valence-electron chi connectivity index (χ0n) is 16.8. The van der Waals surface area contributed by atoms with E-state index in [2.05, 4.69) is 11.2 Å². The van der Waals surface area contributed by atoms with Crippen molar-refractivity contribution in [1.82, 2.24) is 0 Å². The highest BCUT2D eigenvalue weighted by atomic mass is 16.5. The second kappa shape index (κ2) is 8.23. The predicted octanol–water partition coefficient (Wildman–Crippen LogP) is 4.00. The van der Waals surface area contributed by atoms with Crippen LogP contribution in [0.15, 0.2) is 41.5 Å². The summed E-state index contributed by atoms with van der Waals surface area (Å²) in [7, 11) is 0. The molecule has 0 amide bonds. The van der Waals surface area contributed by atoms with Gasteiger partial charge in [0.1, 0.15) is 11.8 Å². The maximum Gasteiger partial charge on any atom is 0.310 e. The number of carbonyl (C=O) groups is 1. The SMILES string of the molecule is Cc1cc(C(C)C(=O)O)ccc1N1COC(c2ccc(OC(C)C)c(C#N)c2)=N1. The van der Waals surface area contributed by atoms with E-state index >= 15 is 0 Å². The number of rotatable bonds is 6. The Morgan fingerprint density at radius 1 is 1.28 bits per heavy atom. The summed E-state index contributed by atoms with van der Waals surface area (Å²) in [5.74, 6) is -0.492. The fourth-order valence-corrected chi connectivity index (χ4v) is 3.04. The Bertz CT molecular complexity index is 1010. The number of benzene rings is 2. The molecule has 2 aromatic rings. The van der Waals surface area contributed by atoms with Gasteiger partial charge in [-0.15, -0.1) is 5.10 Å². The lowest BCUT2D eigenvalue weighted by Crippen LogP contribution is -2.15. The van der Waals surface area contributed by atoms with E-state index in [0.717, 1.165) is 16.8 Å². The Balaban J connectivity index is 1.85. The molecule has 0 fully saturated rings. The number of hydrogen-bond acceptors (Lipinski definition) is 6. The number of nitrogens with zero attached hydrogens (tertiary/aromatic N) is 3. The zero-order valence-corrected chi connectivity index (χ0v) is 16.8. The van der Waals surface area contributed by atoms with Gasteiger partial charge in [-0.2, -0.15) is 5.26 Å². The van der Waals surface area contributed by atoms with Crippen LogP contribution < -0.4 is 9.75 Å². The third-order valence-electron chi connectivity index (χ3n) is 4.61. The number of aryl methyl sites for hydroxylation is 1. The van der Waals surface area contributed by atoms with Crippen LogP contribution >= 0.6 is 0 Å². The summed E-state index contributed by atoms with van der Waals surface area (Å²) in [6, 6.07) is 12.9. The van der Waals surface area contributed by atoms with E-state index in [-0.39, 0.29) is 12.8 Å². The first-order valence-electron chi connectivity index (χ1n) is 9.33.